The zero-order valence-electron chi connectivity index (χ0n) is 11.9. The highest BCUT2D eigenvalue weighted by molar-refractivity contribution is 7.22. The molecule has 0 saturated carbocycles. The molecule has 0 spiro atoms. The van der Waals surface area contributed by atoms with Gasteiger partial charge in [-0.3, -0.25) is 5.32 Å². The Kier molecular flexibility index (Phi) is 4.20. The zero-order valence-corrected chi connectivity index (χ0v) is 12.7. The maximum Gasteiger partial charge on any atom is 0.418 e. The van der Waals surface area contributed by atoms with Crippen LogP contribution in [-0.4, -0.2) is 17.7 Å². The lowest BCUT2D eigenvalue weighted by molar-refractivity contribution is 0.215. The number of carbonyl (C=O) groups excluding carboxylic acids is 1. The van der Waals surface area contributed by atoms with Gasteiger partial charge < -0.3 is 9.47 Å². The number of thiazole rings is 1. The number of benzene rings is 2. The van der Waals surface area contributed by atoms with Crippen molar-refractivity contribution in [3.05, 3.63) is 48.5 Å². The van der Waals surface area contributed by atoms with Gasteiger partial charge in [0.2, 0.25) is 0 Å². The normalized spacial score (nSPS) is 10.4. The first-order valence-corrected chi connectivity index (χ1v) is 7.63. The van der Waals surface area contributed by atoms with Crippen LogP contribution in [0.1, 0.15) is 6.92 Å². The number of para-hydroxylation sites is 1. The molecule has 22 heavy (non-hydrogen) atoms. The first-order valence-electron chi connectivity index (χ1n) is 6.82. The van der Waals surface area contributed by atoms with Crippen LogP contribution >= 0.6 is 11.3 Å². The smallest absolute Gasteiger partial charge is 0.418 e. The van der Waals surface area contributed by atoms with E-state index < -0.39 is 6.09 Å². The van der Waals surface area contributed by atoms with Gasteiger partial charge in [-0.2, -0.15) is 0 Å². The highest BCUT2D eigenvalue weighted by Gasteiger charge is 2.10. The number of hydrogen-bond donors (Lipinski definition) is 1. The molecule has 1 N–H and O–H groups in total. The number of aromatic nitrogens is 1. The largest absolute Gasteiger partial charge is 0.494 e. The molecule has 0 fully saturated rings. The second-order valence-electron chi connectivity index (χ2n) is 4.41. The molecule has 5 nitrogen and oxygen atoms in total. The fraction of sp³-hybridized carbons (Fsp3) is 0.125. The summed E-state index contributed by atoms with van der Waals surface area (Å²) < 4.78 is 11.6. The average Bonchev–Trinajstić information content (AvgIpc) is 2.89. The van der Waals surface area contributed by atoms with E-state index in [-0.39, 0.29) is 0 Å². The topological polar surface area (TPSA) is 60.5 Å². The average molecular weight is 314 g/mol. The van der Waals surface area contributed by atoms with Crippen LogP contribution in [0.15, 0.2) is 48.5 Å². The number of anilines is 1. The van der Waals surface area contributed by atoms with Crippen molar-refractivity contribution in [3.63, 3.8) is 0 Å². The molecule has 0 unspecified atom stereocenters. The summed E-state index contributed by atoms with van der Waals surface area (Å²) in [6.45, 7) is 2.54. The van der Waals surface area contributed by atoms with Gasteiger partial charge in [0, 0.05) is 0 Å². The molecular weight excluding hydrogens is 300 g/mol. The number of nitrogens with zero attached hydrogens (tertiary/aromatic N) is 1. The summed E-state index contributed by atoms with van der Waals surface area (Å²) in [5.74, 6) is 1.27. The Morgan fingerprint density at radius 3 is 2.77 bits per heavy atom. The summed E-state index contributed by atoms with van der Waals surface area (Å²) in [4.78, 5) is 16.2. The monoisotopic (exact) mass is 314 g/mol. The van der Waals surface area contributed by atoms with Crippen molar-refractivity contribution < 1.29 is 14.3 Å². The first kappa shape index (κ1) is 14.3. The van der Waals surface area contributed by atoms with E-state index in [0.29, 0.717) is 17.5 Å². The third kappa shape index (κ3) is 3.35. The summed E-state index contributed by atoms with van der Waals surface area (Å²) >= 11 is 1.37. The summed E-state index contributed by atoms with van der Waals surface area (Å²) in [6, 6.07) is 14.5. The Labute approximate surface area is 131 Å². The molecule has 1 aromatic heterocycles. The standard InChI is InChI=1S/C16H14N2O3S/c1-2-20-12-8-9-13-14(10-12)22-15(17-13)18-16(19)21-11-6-4-3-5-7-11/h3-10H,2H2,1H3,(H,17,18,19). The van der Waals surface area contributed by atoms with Gasteiger partial charge in [0.25, 0.3) is 0 Å². The number of nitrogens with one attached hydrogen (secondary N) is 1. The number of hydrogen-bond acceptors (Lipinski definition) is 5. The van der Waals surface area contributed by atoms with E-state index >= 15 is 0 Å². The number of carbonyl (C=O) groups is 1. The molecular formula is C16H14N2O3S. The van der Waals surface area contributed by atoms with Crippen molar-refractivity contribution in [1.29, 1.82) is 0 Å². The van der Waals surface area contributed by atoms with E-state index in [1.807, 2.05) is 31.2 Å². The highest BCUT2D eigenvalue weighted by atomic mass is 32.1. The Hall–Kier alpha value is -2.60. The van der Waals surface area contributed by atoms with Crippen LogP contribution in [0, 0.1) is 0 Å². The number of ether oxygens (including phenoxy) is 2. The lowest BCUT2D eigenvalue weighted by Crippen LogP contribution is -2.16. The fourth-order valence-electron chi connectivity index (χ4n) is 1.92. The molecule has 1 heterocycles. The Balaban J connectivity index is 1.72. The summed E-state index contributed by atoms with van der Waals surface area (Å²) in [7, 11) is 0. The van der Waals surface area contributed by atoms with E-state index in [4.69, 9.17) is 9.47 Å². The lowest BCUT2D eigenvalue weighted by Gasteiger charge is -2.03. The minimum atomic E-state index is -0.560. The van der Waals surface area contributed by atoms with E-state index in [0.717, 1.165) is 16.0 Å². The number of amides is 1. The van der Waals surface area contributed by atoms with E-state index in [1.165, 1.54) is 11.3 Å². The minimum absolute atomic E-state index is 0.486. The van der Waals surface area contributed by atoms with Crippen LogP contribution in [0.25, 0.3) is 10.2 Å². The SMILES string of the molecule is CCOc1ccc2nc(NC(=O)Oc3ccccc3)sc2c1. The Morgan fingerprint density at radius 2 is 2.00 bits per heavy atom. The van der Waals surface area contributed by atoms with Gasteiger partial charge in [0.15, 0.2) is 5.13 Å². The van der Waals surface area contributed by atoms with E-state index in [9.17, 15) is 4.79 Å². The molecule has 0 aliphatic rings. The van der Waals surface area contributed by atoms with Gasteiger partial charge in [-0.25, -0.2) is 9.78 Å². The van der Waals surface area contributed by atoms with Crippen LogP contribution in [0.5, 0.6) is 11.5 Å². The molecule has 0 bridgehead atoms. The van der Waals surface area contributed by atoms with Crippen LogP contribution in [0.4, 0.5) is 9.93 Å². The van der Waals surface area contributed by atoms with Crippen molar-refractivity contribution in [2.24, 2.45) is 0 Å². The molecule has 6 heteroatoms. The second-order valence-corrected chi connectivity index (χ2v) is 5.44. The van der Waals surface area contributed by atoms with Gasteiger partial charge in [-0.1, -0.05) is 29.5 Å². The summed E-state index contributed by atoms with van der Waals surface area (Å²) in [6.07, 6.45) is -0.560. The van der Waals surface area contributed by atoms with Gasteiger partial charge in [-0.15, -0.1) is 0 Å². The van der Waals surface area contributed by atoms with Crippen molar-refractivity contribution in [2.45, 2.75) is 6.92 Å². The Bertz CT molecular complexity index is 786. The minimum Gasteiger partial charge on any atom is -0.494 e. The molecule has 0 aliphatic heterocycles. The summed E-state index contributed by atoms with van der Waals surface area (Å²) in [5.41, 5.74) is 0.809. The molecule has 1 amide bonds. The van der Waals surface area contributed by atoms with Gasteiger partial charge in [0.05, 0.1) is 16.8 Å². The second kappa shape index (κ2) is 6.44. The molecule has 0 radical (unpaired) electrons. The Morgan fingerprint density at radius 1 is 1.18 bits per heavy atom. The fourth-order valence-corrected chi connectivity index (χ4v) is 2.80. The third-order valence-electron chi connectivity index (χ3n) is 2.83. The molecule has 0 atom stereocenters. The van der Waals surface area contributed by atoms with Crippen LogP contribution in [0.3, 0.4) is 0 Å². The predicted molar refractivity (Wildman–Crippen MR) is 86.9 cm³/mol. The quantitative estimate of drug-likeness (QED) is 0.779. The van der Waals surface area contributed by atoms with Crippen LogP contribution < -0.4 is 14.8 Å². The van der Waals surface area contributed by atoms with Gasteiger partial charge >= 0.3 is 6.09 Å². The lowest BCUT2D eigenvalue weighted by atomic mass is 10.3. The number of rotatable bonds is 4. The molecule has 112 valence electrons. The van der Waals surface area contributed by atoms with Crippen LogP contribution in [0.2, 0.25) is 0 Å². The maximum absolute atomic E-state index is 11.8. The van der Waals surface area contributed by atoms with Crippen molar-refractivity contribution in [3.8, 4) is 11.5 Å². The van der Waals surface area contributed by atoms with Gasteiger partial charge in [0.1, 0.15) is 11.5 Å². The zero-order chi connectivity index (χ0) is 15.4. The number of fused-ring (bicyclic) bond motifs is 1. The molecule has 2 aromatic carbocycles. The maximum atomic E-state index is 11.8. The molecule has 3 rings (SSSR count). The molecule has 0 saturated heterocycles. The van der Waals surface area contributed by atoms with Crippen LogP contribution in [-0.2, 0) is 0 Å². The first-order chi connectivity index (χ1) is 10.7. The van der Waals surface area contributed by atoms with Crippen molar-refractivity contribution >= 4 is 32.8 Å². The van der Waals surface area contributed by atoms with Crippen molar-refractivity contribution in [1.82, 2.24) is 4.98 Å². The third-order valence-corrected chi connectivity index (χ3v) is 3.77. The molecule has 0 aliphatic carbocycles. The molecule has 3 aromatic rings. The van der Waals surface area contributed by atoms with E-state index in [1.54, 1.807) is 24.3 Å². The van der Waals surface area contributed by atoms with Crippen molar-refractivity contribution in [2.75, 3.05) is 11.9 Å². The predicted octanol–water partition coefficient (Wildman–Crippen LogP) is 4.31. The summed E-state index contributed by atoms with van der Waals surface area (Å²) in [5, 5.41) is 3.13. The highest BCUT2D eigenvalue weighted by Crippen LogP contribution is 2.29. The van der Waals surface area contributed by atoms with E-state index in [2.05, 4.69) is 10.3 Å². The van der Waals surface area contributed by atoms with Gasteiger partial charge in [-0.05, 0) is 37.3 Å².